The molecule has 0 saturated heterocycles. The van der Waals surface area contributed by atoms with Crippen molar-refractivity contribution in [1.29, 1.82) is 0 Å². The number of nitrogens with one attached hydrogen (secondary N) is 3. The van der Waals surface area contributed by atoms with Gasteiger partial charge in [0, 0.05) is 11.6 Å². The number of aromatic amines is 1. The van der Waals surface area contributed by atoms with Gasteiger partial charge in [0.1, 0.15) is 5.82 Å². The van der Waals surface area contributed by atoms with Crippen LogP contribution < -0.4 is 10.6 Å². The van der Waals surface area contributed by atoms with Crippen LogP contribution in [0.25, 0.3) is 11.0 Å². The van der Waals surface area contributed by atoms with E-state index in [9.17, 15) is 0 Å². The summed E-state index contributed by atoms with van der Waals surface area (Å²) in [5.41, 5.74) is 2.76. The SMILES string of the molecule is CC(C)c1nc(Nc2ccccc2)nc(Nc2nc3ccccc3[nH]2)n1. The molecule has 0 radical (unpaired) electrons. The third-order valence-corrected chi connectivity index (χ3v) is 3.82. The Hall–Kier alpha value is -3.48. The zero-order valence-electron chi connectivity index (χ0n) is 14.6. The second-order valence-corrected chi connectivity index (χ2v) is 6.21. The van der Waals surface area contributed by atoms with Crippen molar-refractivity contribution in [2.45, 2.75) is 19.8 Å². The molecule has 0 saturated carbocycles. The molecule has 130 valence electrons. The first-order chi connectivity index (χ1) is 12.7. The molecule has 0 atom stereocenters. The molecule has 0 aliphatic carbocycles. The van der Waals surface area contributed by atoms with Crippen molar-refractivity contribution in [3.8, 4) is 0 Å². The lowest BCUT2D eigenvalue weighted by Crippen LogP contribution is -2.08. The maximum atomic E-state index is 4.51. The highest BCUT2D eigenvalue weighted by Crippen LogP contribution is 2.20. The minimum Gasteiger partial charge on any atom is -0.324 e. The molecule has 0 fully saturated rings. The molecular formula is C19H19N7. The number of benzene rings is 2. The van der Waals surface area contributed by atoms with Gasteiger partial charge in [0.05, 0.1) is 11.0 Å². The van der Waals surface area contributed by atoms with Crippen molar-refractivity contribution in [3.05, 3.63) is 60.4 Å². The highest BCUT2D eigenvalue weighted by molar-refractivity contribution is 5.77. The topological polar surface area (TPSA) is 91.4 Å². The van der Waals surface area contributed by atoms with Crippen LogP contribution >= 0.6 is 0 Å². The van der Waals surface area contributed by atoms with Gasteiger partial charge in [0.25, 0.3) is 0 Å². The number of hydrogen-bond acceptors (Lipinski definition) is 6. The Labute approximate surface area is 151 Å². The summed E-state index contributed by atoms with van der Waals surface area (Å²) < 4.78 is 0. The number of para-hydroxylation sites is 3. The van der Waals surface area contributed by atoms with Gasteiger partial charge in [-0.1, -0.05) is 44.2 Å². The Morgan fingerprint density at radius 3 is 2.19 bits per heavy atom. The van der Waals surface area contributed by atoms with Crippen LogP contribution in [0, 0.1) is 0 Å². The van der Waals surface area contributed by atoms with Crippen LogP contribution in [0.15, 0.2) is 54.6 Å². The lowest BCUT2D eigenvalue weighted by Gasteiger charge is -2.10. The number of rotatable bonds is 5. The fourth-order valence-corrected chi connectivity index (χ4v) is 2.53. The molecule has 7 nitrogen and oxygen atoms in total. The van der Waals surface area contributed by atoms with Crippen molar-refractivity contribution < 1.29 is 0 Å². The number of aromatic nitrogens is 5. The number of anilines is 4. The molecule has 26 heavy (non-hydrogen) atoms. The fraction of sp³-hybridized carbons (Fsp3) is 0.158. The Morgan fingerprint density at radius 2 is 1.46 bits per heavy atom. The largest absolute Gasteiger partial charge is 0.324 e. The zero-order valence-corrected chi connectivity index (χ0v) is 14.6. The average Bonchev–Trinajstić information content (AvgIpc) is 3.04. The van der Waals surface area contributed by atoms with Gasteiger partial charge < -0.3 is 10.3 Å². The molecule has 0 unspecified atom stereocenters. The minimum atomic E-state index is 0.172. The average molecular weight is 345 g/mol. The van der Waals surface area contributed by atoms with Gasteiger partial charge in [-0.3, -0.25) is 5.32 Å². The van der Waals surface area contributed by atoms with E-state index in [1.807, 2.05) is 68.4 Å². The summed E-state index contributed by atoms with van der Waals surface area (Å²) >= 11 is 0. The Morgan fingerprint density at radius 1 is 0.769 bits per heavy atom. The van der Waals surface area contributed by atoms with Crippen molar-refractivity contribution in [2.24, 2.45) is 0 Å². The summed E-state index contributed by atoms with van der Waals surface area (Å²) in [5, 5.41) is 6.37. The van der Waals surface area contributed by atoms with Crippen LogP contribution in [0.5, 0.6) is 0 Å². The molecular weight excluding hydrogens is 326 g/mol. The third kappa shape index (κ3) is 3.46. The monoisotopic (exact) mass is 345 g/mol. The van der Waals surface area contributed by atoms with Gasteiger partial charge in [-0.2, -0.15) is 15.0 Å². The van der Waals surface area contributed by atoms with E-state index in [-0.39, 0.29) is 5.92 Å². The lowest BCUT2D eigenvalue weighted by atomic mass is 10.2. The van der Waals surface area contributed by atoms with Crippen molar-refractivity contribution in [2.75, 3.05) is 10.6 Å². The molecule has 2 aromatic carbocycles. The van der Waals surface area contributed by atoms with Gasteiger partial charge in [0.2, 0.25) is 17.8 Å². The molecule has 7 heteroatoms. The zero-order chi connectivity index (χ0) is 17.9. The molecule has 0 aliphatic heterocycles. The quantitative estimate of drug-likeness (QED) is 0.498. The number of nitrogens with zero attached hydrogens (tertiary/aromatic N) is 4. The Kier molecular flexibility index (Phi) is 4.18. The standard InChI is InChI=1S/C19H19N7/c1-12(2)16-23-17(20-13-8-4-3-5-9-13)25-19(24-16)26-18-21-14-10-6-7-11-15(14)22-18/h3-12H,1-2H3,(H3,20,21,22,23,24,25,26). The first-order valence-electron chi connectivity index (χ1n) is 8.47. The second-order valence-electron chi connectivity index (χ2n) is 6.21. The fourth-order valence-electron chi connectivity index (χ4n) is 2.53. The Bertz CT molecular complexity index is 991. The molecule has 0 bridgehead atoms. The van der Waals surface area contributed by atoms with E-state index in [4.69, 9.17) is 0 Å². The summed E-state index contributed by atoms with van der Waals surface area (Å²) in [7, 11) is 0. The maximum Gasteiger partial charge on any atom is 0.234 e. The first kappa shape index (κ1) is 16.0. The summed E-state index contributed by atoms with van der Waals surface area (Å²) in [6.45, 7) is 4.10. The van der Waals surface area contributed by atoms with Gasteiger partial charge in [-0.25, -0.2) is 4.98 Å². The van der Waals surface area contributed by atoms with Crippen LogP contribution in [0.2, 0.25) is 0 Å². The minimum absolute atomic E-state index is 0.172. The van der Waals surface area contributed by atoms with E-state index < -0.39 is 0 Å². The van der Waals surface area contributed by atoms with Crippen molar-refractivity contribution in [1.82, 2.24) is 24.9 Å². The van der Waals surface area contributed by atoms with Crippen molar-refractivity contribution in [3.63, 3.8) is 0 Å². The predicted octanol–water partition coefficient (Wildman–Crippen LogP) is 4.36. The number of H-pyrrole nitrogens is 1. The van der Waals surface area contributed by atoms with E-state index in [0.717, 1.165) is 16.7 Å². The second kappa shape index (κ2) is 6.79. The Balaban J connectivity index is 1.65. The molecule has 2 aromatic heterocycles. The van der Waals surface area contributed by atoms with E-state index in [0.29, 0.717) is 23.7 Å². The molecule has 0 amide bonds. The van der Waals surface area contributed by atoms with Crippen LogP contribution in [0.1, 0.15) is 25.6 Å². The summed E-state index contributed by atoms with van der Waals surface area (Å²) in [4.78, 5) is 21.2. The van der Waals surface area contributed by atoms with E-state index in [2.05, 4.69) is 35.6 Å². The van der Waals surface area contributed by atoms with E-state index in [1.54, 1.807) is 0 Å². The highest BCUT2D eigenvalue weighted by atomic mass is 15.3. The third-order valence-electron chi connectivity index (χ3n) is 3.82. The van der Waals surface area contributed by atoms with Crippen LogP contribution in [0.4, 0.5) is 23.5 Å². The lowest BCUT2D eigenvalue weighted by molar-refractivity contribution is 0.766. The van der Waals surface area contributed by atoms with E-state index >= 15 is 0 Å². The van der Waals surface area contributed by atoms with Gasteiger partial charge >= 0.3 is 0 Å². The van der Waals surface area contributed by atoms with Crippen LogP contribution in [-0.4, -0.2) is 24.9 Å². The molecule has 4 aromatic rings. The summed E-state index contributed by atoms with van der Waals surface area (Å²) in [6, 6.07) is 17.7. The first-order valence-corrected chi connectivity index (χ1v) is 8.47. The van der Waals surface area contributed by atoms with Crippen molar-refractivity contribution >= 4 is 34.6 Å². The highest BCUT2D eigenvalue weighted by Gasteiger charge is 2.11. The number of fused-ring (bicyclic) bond motifs is 1. The summed E-state index contributed by atoms with van der Waals surface area (Å²) in [6.07, 6.45) is 0. The summed E-state index contributed by atoms with van der Waals surface area (Å²) in [5.74, 6) is 2.41. The van der Waals surface area contributed by atoms with Gasteiger partial charge in [-0.15, -0.1) is 0 Å². The molecule has 0 aliphatic rings. The molecule has 4 rings (SSSR count). The molecule has 3 N–H and O–H groups in total. The number of hydrogen-bond donors (Lipinski definition) is 3. The smallest absolute Gasteiger partial charge is 0.234 e. The van der Waals surface area contributed by atoms with Gasteiger partial charge in [0.15, 0.2) is 0 Å². The predicted molar refractivity (Wildman–Crippen MR) is 103 cm³/mol. The maximum absolute atomic E-state index is 4.51. The van der Waals surface area contributed by atoms with Crippen LogP contribution in [0.3, 0.4) is 0 Å². The van der Waals surface area contributed by atoms with Crippen LogP contribution in [-0.2, 0) is 0 Å². The van der Waals surface area contributed by atoms with E-state index in [1.165, 1.54) is 0 Å². The number of imidazole rings is 1. The molecule has 2 heterocycles. The molecule has 0 spiro atoms. The van der Waals surface area contributed by atoms with Gasteiger partial charge in [-0.05, 0) is 24.3 Å². The normalized spacial score (nSPS) is 11.0.